The van der Waals surface area contributed by atoms with Gasteiger partial charge in [0.1, 0.15) is 5.04 Å². The van der Waals surface area contributed by atoms with Gasteiger partial charge in [-0.1, -0.05) is 24.3 Å². The van der Waals surface area contributed by atoms with Gasteiger partial charge in [0.25, 0.3) is 0 Å². The summed E-state index contributed by atoms with van der Waals surface area (Å²) in [6.45, 7) is 0. The second-order valence-electron chi connectivity index (χ2n) is 4.82. The number of rotatable bonds is 1. The van der Waals surface area contributed by atoms with Gasteiger partial charge in [0.15, 0.2) is 0 Å². The van der Waals surface area contributed by atoms with E-state index in [9.17, 15) is 0 Å². The van der Waals surface area contributed by atoms with Crippen LogP contribution in [0.15, 0.2) is 41.4 Å². The molecular weight excluding hydrogens is 228 g/mol. The third-order valence-electron chi connectivity index (χ3n) is 3.46. The number of para-hydroxylation sites is 1. The Kier molecular flexibility index (Phi) is 1.89. The summed E-state index contributed by atoms with van der Waals surface area (Å²) in [6.07, 6.45) is 2.52. The predicted molar refractivity (Wildman–Crippen MR) is 72.7 cm³/mol. The lowest BCUT2D eigenvalue weighted by Crippen LogP contribution is -2.01. The Morgan fingerprint density at radius 3 is 2.76 bits per heavy atom. The summed E-state index contributed by atoms with van der Waals surface area (Å²) in [7, 11) is 0. The highest BCUT2D eigenvalue weighted by Gasteiger charge is 2.46. The molecule has 2 aromatic rings. The third kappa shape index (κ3) is 1.57. The van der Waals surface area contributed by atoms with Gasteiger partial charge in [-0.2, -0.15) is 0 Å². The van der Waals surface area contributed by atoms with Gasteiger partial charge in [0.05, 0.1) is 16.7 Å². The zero-order valence-corrected chi connectivity index (χ0v) is 10.2. The molecule has 1 saturated carbocycles. The van der Waals surface area contributed by atoms with E-state index >= 15 is 0 Å². The largest absolute Gasteiger partial charge is 0.269 e. The average Bonchev–Trinajstić information content (AvgIpc) is 2.99. The van der Waals surface area contributed by atoms with E-state index in [-0.39, 0.29) is 0 Å². The molecule has 0 amide bonds. The van der Waals surface area contributed by atoms with Crippen LogP contribution in [0.25, 0.3) is 10.9 Å². The molecule has 0 saturated heterocycles. The number of benzene rings is 1. The van der Waals surface area contributed by atoms with Crippen LogP contribution >= 0.6 is 11.8 Å². The van der Waals surface area contributed by atoms with Crippen molar-refractivity contribution in [3.05, 3.63) is 42.1 Å². The molecule has 4 rings (SSSR count). The first-order valence-electron chi connectivity index (χ1n) is 5.94. The Morgan fingerprint density at radius 2 is 1.94 bits per heavy atom. The van der Waals surface area contributed by atoms with E-state index < -0.39 is 0 Å². The molecule has 0 atom stereocenters. The predicted octanol–water partition coefficient (Wildman–Crippen LogP) is 3.26. The minimum absolute atomic E-state index is 0.299. The molecule has 0 unspecified atom stereocenters. The molecule has 0 N–H and O–H groups in total. The maximum atomic E-state index is 4.83. The molecule has 17 heavy (non-hydrogen) atoms. The van der Waals surface area contributed by atoms with Crippen molar-refractivity contribution in [2.75, 3.05) is 5.75 Å². The van der Waals surface area contributed by atoms with Crippen molar-refractivity contribution in [1.29, 1.82) is 0 Å². The standard InChI is InChI=1S/C14H12N2S/c1-2-4-11-10(3-1)5-6-12(15-11)13-16-14(7-8-14)9-17-13/h1-6H,7-9H2. The average molecular weight is 240 g/mol. The van der Waals surface area contributed by atoms with Gasteiger partial charge in [-0.15, -0.1) is 11.8 Å². The van der Waals surface area contributed by atoms with E-state index in [4.69, 9.17) is 9.98 Å². The van der Waals surface area contributed by atoms with Crippen LogP contribution in [0, 0.1) is 0 Å². The third-order valence-corrected chi connectivity index (χ3v) is 4.72. The minimum atomic E-state index is 0.299. The lowest BCUT2D eigenvalue weighted by molar-refractivity contribution is 0.793. The lowest BCUT2D eigenvalue weighted by atomic mass is 10.2. The molecule has 1 aliphatic carbocycles. The molecule has 84 valence electrons. The molecule has 1 aromatic heterocycles. The molecule has 0 bridgehead atoms. The van der Waals surface area contributed by atoms with Crippen LogP contribution in [0.3, 0.4) is 0 Å². The highest BCUT2D eigenvalue weighted by molar-refractivity contribution is 8.14. The van der Waals surface area contributed by atoms with Gasteiger partial charge in [-0.3, -0.25) is 4.99 Å². The van der Waals surface area contributed by atoms with Crippen LogP contribution in [0.5, 0.6) is 0 Å². The molecule has 2 aliphatic rings. The van der Waals surface area contributed by atoms with E-state index in [1.165, 1.54) is 18.2 Å². The molecule has 2 heterocycles. The first-order chi connectivity index (χ1) is 8.35. The summed E-state index contributed by atoms with van der Waals surface area (Å²) in [4.78, 5) is 9.52. The maximum absolute atomic E-state index is 4.83. The van der Waals surface area contributed by atoms with Crippen molar-refractivity contribution in [1.82, 2.24) is 4.98 Å². The first-order valence-corrected chi connectivity index (χ1v) is 6.92. The molecular formula is C14H12N2S. The highest BCUT2D eigenvalue weighted by atomic mass is 32.2. The molecule has 3 heteroatoms. The van der Waals surface area contributed by atoms with E-state index in [2.05, 4.69) is 24.3 Å². The van der Waals surface area contributed by atoms with Gasteiger partial charge in [0.2, 0.25) is 0 Å². The minimum Gasteiger partial charge on any atom is -0.269 e. The fraction of sp³-hybridized carbons (Fsp3) is 0.286. The molecule has 1 aromatic carbocycles. The Bertz CT molecular complexity index is 629. The summed E-state index contributed by atoms with van der Waals surface area (Å²) >= 11 is 1.86. The van der Waals surface area contributed by atoms with Crippen molar-refractivity contribution in [2.24, 2.45) is 4.99 Å². The van der Waals surface area contributed by atoms with Crippen LogP contribution in [-0.2, 0) is 0 Å². The fourth-order valence-electron chi connectivity index (χ4n) is 2.20. The maximum Gasteiger partial charge on any atom is 0.117 e. The first kappa shape index (κ1) is 9.66. The number of hydrogen-bond donors (Lipinski definition) is 0. The van der Waals surface area contributed by atoms with Crippen LogP contribution < -0.4 is 0 Å². The normalized spacial score (nSPS) is 20.8. The Morgan fingerprint density at radius 1 is 1.06 bits per heavy atom. The second-order valence-corrected chi connectivity index (χ2v) is 5.78. The molecule has 1 aliphatic heterocycles. The Balaban J connectivity index is 1.81. The summed E-state index contributed by atoms with van der Waals surface area (Å²) in [5.74, 6) is 1.15. The number of thioether (sulfide) groups is 1. The SMILES string of the molecule is c1ccc2nc(C3=NC4(CC4)CS3)ccc2c1. The number of aromatic nitrogens is 1. The van der Waals surface area contributed by atoms with Crippen molar-refractivity contribution < 1.29 is 0 Å². The smallest absolute Gasteiger partial charge is 0.117 e. The van der Waals surface area contributed by atoms with E-state index in [1.807, 2.05) is 23.9 Å². The number of nitrogens with zero attached hydrogens (tertiary/aromatic N) is 2. The van der Waals surface area contributed by atoms with E-state index in [1.54, 1.807) is 0 Å². The second kappa shape index (κ2) is 3.33. The lowest BCUT2D eigenvalue weighted by Gasteiger charge is -2.01. The number of pyridine rings is 1. The fourth-order valence-corrected chi connectivity index (χ4v) is 3.48. The Hall–Kier alpha value is -1.35. The van der Waals surface area contributed by atoms with E-state index in [0.717, 1.165) is 22.0 Å². The molecule has 1 spiro atoms. The van der Waals surface area contributed by atoms with Crippen molar-refractivity contribution >= 4 is 27.7 Å². The molecule has 0 radical (unpaired) electrons. The zero-order chi connectivity index (χ0) is 11.3. The van der Waals surface area contributed by atoms with Gasteiger partial charge in [-0.25, -0.2) is 4.98 Å². The zero-order valence-electron chi connectivity index (χ0n) is 9.39. The van der Waals surface area contributed by atoms with Gasteiger partial charge < -0.3 is 0 Å². The quantitative estimate of drug-likeness (QED) is 0.764. The monoisotopic (exact) mass is 240 g/mol. The topological polar surface area (TPSA) is 25.2 Å². The van der Waals surface area contributed by atoms with Crippen LogP contribution in [0.2, 0.25) is 0 Å². The number of hydrogen-bond acceptors (Lipinski definition) is 3. The summed E-state index contributed by atoms with van der Waals surface area (Å²) in [5, 5.41) is 2.33. The molecule has 2 nitrogen and oxygen atoms in total. The van der Waals surface area contributed by atoms with Gasteiger partial charge in [0, 0.05) is 11.1 Å². The van der Waals surface area contributed by atoms with Crippen molar-refractivity contribution in [3.63, 3.8) is 0 Å². The van der Waals surface area contributed by atoms with Crippen molar-refractivity contribution in [3.8, 4) is 0 Å². The van der Waals surface area contributed by atoms with Crippen molar-refractivity contribution in [2.45, 2.75) is 18.4 Å². The number of aliphatic imine (C=N–C) groups is 1. The van der Waals surface area contributed by atoms with Gasteiger partial charge in [-0.05, 0) is 25.0 Å². The highest BCUT2D eigenvalue weighted by Crippen LogP contribution is 2.48. The summed E-state index contributed by atoms with van der Waals surface area (Å²) < 4.78 is 0. The Labute approximate surface area is 104 Å². The molecule has 1 fully saturated rings. The van der Waals surface area contributed by atoms with Crippen LogP contribution in [0.4, 0.5) is 0 Å². The van der Waals surface area contributed by atoms with Crippen LogP contribution in [-0.4, -0.2) is 21.3 Å². The van der Waals surface area contributed by atoms with Crippen LogP contribution in [0.1, 0.15) is 18.5 Å². The summed E-state index contributed by atoms with van der Waals surface area (Å²) in [6, 6.07) is 12.5. The van der Waals surface area contributed by atoms with E-state index in [0.29, 0.717) is 5.54 Å². The van der Waals surface area contributed by atoms with Gasteiger partial charge >= 0.3 is 0 Å². The summed E-state index contributed by atoms with van der Waals surface area (Å²) in [5.41, 5.74) is 2.40. The number of fused-ring (bicyclic) bond motifs is 1.